The zero-order valence-electron chi connectivity index (χ0n) is 29.4. The molecule has 3 unspecified atom stereocenters. The zero-order valence-corrected chi connectivity index (χ0v) is 29.4. The highest BCUT2D eigenvalue weighted by Gasteiger charge is 2.43. The lowest BCUT2D eigenvalue weighted by molar-refractivity contribution is -0.167. The molecule has 0 spiro atoms. The number of carbonyl (C=O) groups is 3. The van der Waals surface area contributed by atoms with Crippen LogP contribution >= 0.6 is 0 Å². The van der Waals surface area contributed by atoms with Gasteiger partial charge in [0.1, 0.15) is 13.2 Å². The van der Waals surface area contributed by atoms with E-state index in [0.717, 1.165) is 12.8 Å². The van der Waals surface area contributed by atoms with Crippen LogP contribution in [0.1, 0.15) is 126 Å². The van der Waals surface area contributed by atoms with Crippen LogP contribution in [0.3, 0.4) is 0 Å². The van der Waals surface area contributed by atoms with Gasteiger partial charge in [-0.2, -0.15) is 13.2 Å². The molecule has 3 atom stereocenters. The number of alkyl halides is 3. The monoisotopic (exact) mass is 658 g/mol. The van der Waals surface area contributed by atoms with E-state index in [1.807, 2.05) is 65.0 Å². The van der Waals surface area contributed by atoms with Crippen LogP contribution in [0, 0.1) is 17.8 Å². The number of halogens is 3. The van der Waals surface area contributed by atoms with Crippen molar-refractivity contribution in [2.45, 2.75) is 138 Å². The van der Waals surface area contributed by atoms with Crippen molar-refractivity contribution >= 4 is 17.9 Å². The summed E-state index contributed by atoms with van der Waals surface area (Å²) in [4.78, 5) is 36.0. The number of carbonyl (C=O) groups excluding carboxylic acids is 3. The fourth-order valence-corrected chi connectivity index (χ4v) is 3.85. The summed E-state index contributed by atoms with van der Waals surface area (Å²) >= 11 is 0. The molecule has 9 heteroatoms. The first kappa shape index (κ1) is 45.3. The van der Waals surface area contributed by atoms with E-state index in [9.17, 15) is 27.6 Å². The van der Waals surface area contributed by atoms with Crippen molar-refractivity contribution in [1.29, 1.82) is 0 Å². The Morgan fingerprint density at radius 2 is 1.33 bits per heavy atom. The molecule has 1 aliphatic rings. The van der Waals surface area contributed by atoms with Crippen molar-refractivity contribution in [1.82, 2.24) is 0 Å². The number of unbranched alkanes of at least 4 members (excludes halogenated alkanes) is 2. The molecule has 1 saturated carbocycles. The molecule has 0 aromatic carbocycles. The van der Waals surface area contributed by atoms with Gasteiger partial charge in [-0.05, 0) is 63.2 Å². The predicted octanol–water partition coefficient (Wildman–Crippen LogP) is 10.4. The number of rotatable bonds is 21. The summed E-state index contributed by atoms with van der Waals surface area (Å²) in [6.07, 6.45) is 17.2. The van der Waals surface area contributed by atoms with Gasteiger partial charge in [-0.15, -0.1) is 0 Å². The van der Waals surface area contributed by atoms with Crippen LogP contribution in [-0.4, -0.2) is 43.4 Å². The van der Waals surface area contributed by atoms with Crippen LogP contribution in [0.15, 0.2) is 48.6 Å². The van der Waals surface area contributed by atoms with Gasteiger partial charge in [-0.25, -0.2) is 0 Å². The van der Waals surface area contributed by atoms with Crippen molar-refractivity contribution in [3.8, 4) is 0 Å². The van der Waals surface area contributed by atoms with Gasteiger partial charge < -0.3 is 14.2 Å². The number of hydrogen-bond acceptors (Lipinski definition) is 6. The number of allylic oxidation sites excluding steroid dienone is 8. The van der Waals surface area contributed by atoms with Gasteiger partial charge in [0.05, 0.1) is 5.92 Å². The maximum absolute atomic E-state index is 12.6. The van der Waals surface area contributed by atoms with Gasteiger partial charge in [0.15, 0.2) is 6.10 Å². The van der Waals surface area contributed by atoms with Crippen molar-refractivity contribution < 1.29 is 41.8 Å². The predicted molar refractivity (Wildman–Crippen MR) is 180 cm³/mol. The Labute approximate surface area is 276 Å². The van der Waals surface area contributed by atoms with Crippen molar-refractivity contribution in [2.24, 2.45) is 17.8 Å². The molecule has 0 aromatic heterocycles. The van der Waals surface area contributed by atoms with Gasteiger partial charge >= 0.3 is 24.1 Å². The Morgan fingerprint density at radius 3 is 1.85 bits per heavy atom. The van der Waals surface area contributed by atoms with E-state index in [1.54, 1.807) is 0 Å². The second-order valence-corrected chi connectivity index (χ2v) is 11.1. The van der Waals surface area contributed by atoms with Crippen LogP contribution in [0.25, 0.3) is 0 Å². The Balaban J connectivity index is 0. The van der Waals surface area contributed by atoms with Crippen LogP contribution in [0.5, 0.6) is 0 Å². The molecule has 0 aliphatic heterocycles. The highest BCUT2D eigenvalue weighted by atomic mass is 19.4. The summed E-state index contributed by atoms with van der Waals surface area (Å²) in [5.41, 5.74) is 0. The van der Waals surface area contributed by atoms with E-state index in [0.29, 0.717) is 32.1 Å². The maximum atomic E-state index is 12.6. The molecule has 0 bridgehead atoms. The van der Waals surface area contributed by atoms with Crippen molar-refractivity contribution in [2.75, 3.05) is 13.2 Å². The summed E-state index contributed by atoms with van der Waals surface area (Å²) < 4.78 is 52.2. The second-order valence-electron chi connectivity index (χ2n) is 11.1. The topological polar surface area (TPSA) is 78.9 Å². The molecule has 1 rings (SSSR count). The summed E-state index contributed by atoms with van der Waals surface area (Å²) in [7, 11) is 0. The fraction of sp³-hybridized carbons (Fsp3) is 0.703. The summed E-state index contributed by atoms with van der Waals surface area (Å²) in [6, 6.07) is 0. The van der Waals surface area contributed by atoms with Crippen molar-refractivity contribution in [3.63, 3.8) is 0 Å². The third-order valence-electron chi connectivity index (χ3n) is 6.25. The van der Waals surface area contributed by atoms with Crippen LogP contribution in [0.2, 0.25) is 0 Å². The number of hydrogen-bond donors (Lipinski definition) is 0. The van der Waals surface area contributed by atoms with Gasteiger partial charge in [0.2, 0.25) is 0 Å². The first-order valence-corrected chi connectivity index (χ1v) is 17.2. The second kappa shape index (κ2) is 29.6. The molecule has 1 fully saturated rings. The SMILES string of the molecule is CC.CCC.CCCC(=O)OCC(COC(=O)CCC)OC(=O)C1CC1/C=C\C/C=C\C/C=C\C(C)/C=C\CCCCC(F)(F)F. The third-order valence-corrected chi connectivity index (χ3v) is 6.25. The van der Waals surface area contributed by atoms with E-state index in [4.69, 9.17) is 14.2 Å². The molecule has 1 aliphatic carbocycles. The lowest BCUT2D eigenvalue weighted by Crippen LogP contribution is -2.31. The molecule has 0 heterocycles. The molecular formula is C37H61F3O6. The van der Waals surface area contributed by atoms with Crippen LogP contribution in [-0.2, 0) is 28.6 Å². The highest BCUT2D eigenvalue weighted by Crippen LogP contribution is 2.41. The molecule has 266 valence electrons. The normalized spacial score (nSPS) is 16.7. The first-order valence-electron chi connectivity index (χ1n) is 17.2. The Bertz CT molecular complexity index is 885. The minimum Gasteiger partial charge on any atom is -0.462 e. The number of ether oxygens (including phenoxy) is 3. The molecule has 46 heavy (non-hydrogen) atoms. The van der Waals surface area contributed by atoms with Gasteiger partial charge in [0.25, 0.3) is 0 Å². The van der Waals surface area contributed by atoms with Gasteiger partial charge in [-0.1, -0.05) is 103 Å². The molecule has 0 radical (unpaired) electrons. The van der Waals surface area contributed by atoms with E-state index < -0.39 is 18.7 Å². The van der Waals surface area contributed by atoms with E-state index in [2.05, 4.69) is 32.1 Å². The average molecular weight is 659 g/mol. The minimum absolute atomic E-state index is 0.0998. The van der Waals surface area contributed by atoms with E-state index in [1.165, 1.54) is 6.42 Å². The molecule has 0 aromatic rings. The molecule has 0 amide bonds. The smallest absolute Gasteiger partial charge is 0.389 e. The third kappa shape index (κ3) is 28.6. The maximum Gasteiger partial charge on any atom is 0.389 e. The molecule has 0 saturated heterocycles. The first-order chi connectivity index (χ1) is 22.0. The summed E-state index contributed by atoms with van der Waals surface area (Å²) in [5, 5.41) is 0. The standard InChI is InChI=1S/C32H47F3O6.C3H8.C2H6/c1-4-16-29(36)39-23-27(24-40-30(37)17-5-2)41-31(38)28-22-26(28)20-14-9-7-6-8-12-18-25(3)19-13-10-11-15-21-32(33,34)35;1-3-2;1-2/h6-7,12-14,18-20,25-28H,4-5,8-11,15-17,21-24H2,1-3H3;3H2,1-2H3;1-2H3/b7-6-,18-12-,19-13-,20-14-;;. The Kier molecular flexibility index (Phi) is 29.1. The minimum atomic E-state index is -4.07. The number of esters is 3. The van der Waals surface area contributed by atoms with E-state index in [-0.39, 0.29) is 68.1 Å². The Morgan fingerprint density at radius 1 is 0.804 bits per heavy atom. The summed E-state index contributed by atoms with van der Waals surface area (Å²) in [6.45, 7) is 13.7. The van der Waals surface area contributed by atoms with Crippen LogP contribution < -0.4 is 0 Å². The highest BCUT2D eigenvalue weighted by molar-refractivity contribution is 5.76. The Hall–Kier alpha value is -2.84. The lowest BCUT2D eigenvalue weighted by Gasteiger charge is -2.18. The van der Waals surface area contributed by atoms with Gasteiger partial charge in [-0.3, -0.25) is 14.4 Å². The molecule has 0 N–H and O–H groups in total. The quantitative estimate of drug-likeness (QED) is 0.0529. The zero-order chi connectivity index (χ0) is 35.2. The average Bonchev–Trinajstić information content (AvgIpc) is 3.78. The molecule has 6 nitrogen and oxygen atoms in total. The lowest BCUT2D eigenvalue weighted by atomic mass is 10.1. The van der Waals surface area contributed by atoms with E-state index >= 15 is 0 Å². The summed E-state index contributed by atoms with van der Waals surface area (Å²) in [5.74, 6) is -1.07. The fourth-order valence-electron chi connectivity index (χ4n) is 3.85. The van der Waals surface area contributed by atoms with Crippen LogP contribution in [0.4, 0.5) is 13.2 Å². The van der Waals surface area contributed by atoms with Gasteiger partial charge in [0, 0.05) is 19.3 Å². The molecular weight excluding hydrogens is 597 g/mol. The van der Waals surface area contributed by atoms with Crippen molar-refractivity contribution in [3.05, 3.63) is 48.6 Å². The largest absolute Gasteiger partial charge is 0.462 e.